The Morgan fingerprint density at radius 2 is 1.25 bits per heavy atom. The van der Waals surface area contributed by atoms with E-state index in [4.69, 9.17) is 3.57 Å². The van der Waals surface area contributed by atoms with Crippen molar-refractivity contribution in [3.8, 4) is 0 Å². The Balaban J connectivity index is -0.00000000500. The van der Waals surface area contributed by atoms with Crippen molar-refractivity contribution in [2.75, 3.05) is 0 Å². The quantitative estimate of drug-likeness (QED) is 0.499. The Morgan fingerprint density at radius 1 is 1.25 bits per heavy atom. The zero-order chi connectivity index (χ0) is 2.00. The summed E-state index contributed by atoms with van der Waals surface area (Å²) in [6, 6.07) is 0. The Bertz CT molecular complexity index is 8.00. The summed E-state index contributed by atoms with van der Waals surface area (Å²) in [7, 11) is 0. The molecule has 4 heavy (non-hydrogen) atoms. The molecule has 0 heterocycles. The van der Waals surface area contributed by atoms with Gasteiger partial charge in [0.05, 0.1) is 0 Å². The van der Waals surface area contributed by atoms with Crippen LogP contribution in [0.25, 0.3) is 0 Å². The Hall–Kier alpha value is 1.46. The molecule has 0 aromatic heterocycles. The van der Waals surface area contributed by atoms with Gasteiger partial charge in [-0.1, -0.05) is 0 Å². The van der Waals surface area contributed by atoms with Crippen LogP contribution in [0.5, 0.6) is 0 Å². The van der Waals surface area contributed by atoms with Crippen LogP contribution in [0.15, 0.2) is 0 Å². The summed E-state index contributed by atoms with van der Waals surface area (Å²) in [5, 5.41) is 0. The molecule has 1 nitrogen and oxygen atoms in total. The second kappa shape index (κ2) is 25.0. The first-order valence-corrected chi connectivity index (χ1v) is 1.50. The monoisotopic (exact) mass is 199 g/mol. The topological polar surface area (TPSA) is 17.1 Å². The maximum atomic E-state index is 8.38. The van der Waals surface area contributed by atoms with Crippen LogP contribution >= 0.6 is 0 Å². The summed E-state index contributed by atoms with van der Waals surface area (Å²) >= 11 is 0.125. The summed E-state index contributed by atoms with van der Waals surface area (Å²) < 4.78 is 8.38. The normalized spacial score (nSPS) is 1.50. The SMILES string of the molecule is [Cu].[Fe].[O]=[Zn]. The van der Waals surface area contributed by atoms with Crippen molar-refractivity contribution in [1.82, 2.24) is 0 Å². The van der Waals surface area contributed by atoms with Gasteiger partial charge in [0.15, 0.2) is 0 Å². The van der Waals surface area contributed by atoms with Crippen molar-refractivity contribution in [3.05, 3.63) is 0 Å². The first kappa shape index (κ1) is 17.9. The number of rotatable bonds is 0. The second-order valence-electron chi connectivity index (χ2n) is 0. The van der Waals surface area contributed by atoms with Gasteiger partial charge in [-0.3, -0.25) is 0 Å². The van der Waals surface area contributed by atoms with Gasteiger partial charge in [-0.15, -0.1) is 0 Å². The first-order valence-electron chi connectivity index (χ1n) is 0.289. The zero-order valence-corrected chi connectivity index (χ0v) is 6.78. The van der Waals surface area contributed by atoms with Gasteiger partial charge >= 0.3 is 21.8 Å². The van der Waals surface area contributed by atoms with Crippen LogP contribution in [0.4, 0.5) is 0 Å². The summed E-state index contributed by atoms with van der Waals surface area (Å²) in [5.41, 5.74) is 0. The van der Waals surface area contributed by atoms with E-state index in [2.05, 4.69) is 0 Å². The van der Waals surface area contributed by atoms with Gasteiger partial charge in [-0.25, -0.2) is 0 Å². The minimum atomic E-state index is 0. The van der Waals surface area contributed by atoms with Crippen molar-refractivity contribution in [3.63, 3.8) is 0 Å². The predicted octanol–water partition coefficient (Wildman–Crippen LogP) is -0.126. The summed E-state index contributed by atoms with van der Waals surface area (Å²) in [5.74, 6) is 0. The molecule has 0 aromatic rings. The van der Waals surface area contributed by atoms with E-state index < -0.39 is 0 Å². The van der Waals surface area contributed by atoms with Gasteiger partial charge in [-0.2, -0.15) is 0 Å². The molecule has 0 bridgehead atoms. The van der Waals surface area contributed by atoms with Crippen LogP contribution in [0.3, 0.4) is 0 Å². The average Bonchev–Trinajstić information content (AvgIpc) is 1.00. The van der Waals surface area contributed by atoms with E-state index in [-0.39, 0.29) is 52.4 Å². The molecular formula is CuFeOZn. The van der Waals surface area contributed by atoms with Gasteiger partial charge < -0.3 is 0 Å². The fourth-order valence-electron chi connectivity index (χ4n) is 0. The summed E-state index contributed by atoms with van der Waals surface area (Å²) in [4.78, 5) is 0. The number of hydrogen-bond acceptors (Lipinski definition) is 1. The molecule has 0 aliphatic heterocycles. The van der Waals surface area contributed by atoms with E-state index in [9.17, 15) is 0 Å². The van der Waals surface area contributed by atoms with Gasteiger partial charge in [-0.05, 0) is 0 Å². The van der Waals surface area contributed by atoms with Gasteiger partial charge in [0.2, 0.25) is 0 Å². The zero-order valence-electron chi connectivity index (χ0n) is 1.77. The molecule has 0 fully saturated rings. The van der Waals surface area contributed by atoms with Crippen LogP contribution in [0.1, 0.15) is 0 Å². The van der Waals surface area contributed by atoms with Crippen molar-refractivity contribution in [1.29, 1.82) is 0 Å². The van der Waals surface area contributed by atoms with Crippen LogP contribution in [0, 0.1) is 0 Å². The molecule has 0 amide bonds. The van der Waals surface area contributed by atoms with Gasteiger partial charge in [0, 0.05) is 34.1 Å². The van der Waals surface area contributed by atoms with E-state index >= 15 is 0 Å². The molecule has 0 atom stereocenters. The fraction of sp³-hybridized carbons (Fsp3) is 0. The Labute approximate surface area is 55.8 Å². The Kier molecular flexibility index (Phi) is 112. The van der Waals surface area contributed by atoms with E-state index in [1.807, 2.05) is 0 Å². The molecule has 0 rings (SSSR count). The van der Waals surface area contributed by atoms with E-state index in [0.717, 1.165) is 0 Å². The van der Waals surface area contributed by atoms with Gasteiger partial charge in [0.1, 0.15) is 0 Å². The third-order valence-electron chi connectivity index (χ3n) is 0. The van der Waals surface area contributed by atoms with E-state index in [1.54, 1.807) is 0 Å². The number of hydrogen-bond donors (Lipinski definition) is 0. The van der Waals surface area contributed by atoms with Crippen molar-refractivity contribution in [2.24, 2.45) is 0 Å². The molecule has 0 N–H and O–H groups in total. The summed E-state index contributed by atoms with van der Waals surface area (Å²) in [6.45, 7) is 0. The second-order valence-corrected chi connectivity index (χ2v) is 0. The minimum absolute atomic E-state index is 0. The average molecular weight is 201 g/mol. The molecule has 0 spiro atoms. The van der Waals surface area contributed by atoms with Gasteiger partial charge in [0.25, 0.3) is 0 Å². The van der Waals surface area contributed by atoms with Crippen LogP contribution in [0.2, 0.25) is 0 Å². The van der Waals surface area contributed by atoms with Crippen molar-refractivity contribution < 1.29 is 56.0 Å². The molecule has 1 radical (unpaired) electrons. The van der Waals surface area contributed by atoms with Crippen LogP contribution in [-0.2, 0) is 56.0 Å². The summed E-state index contributed by atoms with van der Waals surface area (Å²) in [6.07, 6.45) is 0. The van der Waals surface area contributed by atoms with Crippen LogP contribution < -0.4 is 0 Å². The predicted molar refractivity (Wildman–Crippen MR) is 0.686 cm³/mol. The molecule has 0 aliphatic carbocycles. The van der Waals surface area contributed by atoms with Crippen molar-refractivity contribution in [2.45, 2.75) is 0 Å². The first-order chi connectivity index (χ1) is 1.00. The van der Waals surface area contributed by atoms with Crippen molar-refractivity contribution >= 4 is 0 Å². The standard InChI is InChI=1S/Cu.Fe.O.Zn. The molecule has 0 unspecified atom stereocenters. The molecule has 0 aliphatic rings. The third kappa shape index (κ3) is 9.82. The molecule has 27 valence electrons. The molecule has 0 saturated carbocycles. The maximum absolute atomic E-state index is 8.38. The van der Waals surface area contributed by atoms with Crippen LogP contribution in [-0.4, -0.2) is 0 Å². The van der Waals surface area contributed by atoms with E-state index in [1.165, 1.54) is 0 Å². The molecular weight excluding hydrogens is 201 g/mol. The molecule has 4 heteroatoms. The fourth-order valence-corrected chi connectivity index (χ4v) is 0. The Morgan fingerprint density at radius 3 is 1.25 bits per heavy atom. The van der Waals surface area contributed by atoms with E-state index in [0.29, 0.717) is 0 Å². The molecule has 0 saturated heterocycles. The molecule has 0 aromatic carbocycles. The third-order valence-corrected chi connectivity index (χ3v) is 0.